The Hall–Kier alpha value is -2.70. The largest absolute Gasteiger partial charge is 0.416 e. The van der Waals surface area contributed by atoms with Crippen LogP contribution in [-0.2, 0) is 6.18 Å². The molecule has 2 aromatic rings. The normalized spacial score (nSPS) is 12.2. The molecule has 1 aromatic heterocycles. The lowest BCUT2D eigenvalue weighted by Crippen LogP contribution is -2.17. The number of halogens is 3. The molecule has 0 saturated heterocycles. The summed E-state index contributed by atoms with van der Waals surface area (Å²) in [6.45, 7) is 0. The number of hydrogen-bond acceptors (Lipinski definition) is 4. The number of aromatic nitrogens is 1. The van der Waals surface area contributed by atoms with Crippen molar-refractivity contribution in [2.75, 3.05) is 0 Å². The molecule has 0 bridgehead atoms. The van der Waals surface area contributed by atoms with Gasteiger partial charge in [-0.05, 0) is 24.3 Å². The zero-order chi connectivity index (χ0) is 15.5. The second-order valence-electron chi connectivity index (χ2n) is 4.10. The molecular weight excluding hydrogens is 285 g/mol. The van der Waals surface area contributed by atoms with E-state index in [0.717, 1.165) is 12.1 Å². The van der Waals surface area contributed by atoms with Crippen molar-refractivity contribution in [3.8, 4) is 0 Å². The number of alkyl halides is 3. The maximum Gasteiger partial charge on any atom is 0.416 e. The van der Waals surface area contributed by atoms with E-state index in [0.29, 0.717) is 6.07 Å². The summed E-state index contributed by atoms with van der Waals surface area (Å²) < 4.78 is 37.9. The van der Waals surface area contributed by atoms with Crippen LogP contribution in [0.4, 0.5) is 13.2 Å². The van der Waals surface area contributed by atoms with E-state index in [1.165, 1.54) is 30.6 Å². The molecule has 7 heteroatoms. The quantitative estimate of drug-likeness (QED) is 0.409. The summed E-state index contributed by atoms with van der Waals surface area (Å²) >= 11 is 0. The van der Waals surface area contributed by atoms with E-state index < -0.39 is 17.5 Å². The number of pyridine rings is 1. The van der Waals surface area contributed by atoms with Gasteiger partial charge in [-0.3, -0.25) is 9.78 Å². The van der Waals surface area contributed by atoms with Gasteiger partial charge in [0.25, 0.3) is 0 Å². The number of hydrogen-bond donors (Lipinski definition) is 1. The van der Waals surface area contributed by atoms with E-state index in [9.17, 15) is 18.0 Å². The Labute approximate surface area is 117 Å². The highest BCUT2D eigenvalue weighted by atomic mass is 19.4. The molecule has 0 fully saturated rings. The van der Waals surface area contributed by atoms with Gasteiger partial charge in [0.05, 0.1) is 5.56 Å². The first-order chi connectivity index (χ1) is 9.93. The Balaban J connectivity index is 2.40. The number of carbonyl (C=O) groups is 1. The zero-order valence-corrected chi connectivity index (χ0v) is 10.5. The number of oxime groups is 1. The molecule has 0 aliphatic carbocycles. The number of benzene rings is 1. The van der Waals surface area contributed by atoms with Gasteiger partial charge in [-0.2, -0.15) is 13.2 Å². The minimum atomic E-state index is -4.55. The van der Waals surface area contributed by atoms with E-state index in [4.69, 9.17) is 5.21 Å². The van der Waals surface area contributed by atoms with Crippen LogP contribution in [0.15, 0.2) is 53.9 Å². The summed E-state index contributed by atoms with van der Waals surface area (Å²) in [5.41, 5.74) is -1.33. The van der Waals surface area contributed by atoms with E-state index in [1.807, 2.05) is 0 Å². The Bertz CT molecular complexity index is 682. The molecule has 4 nitrogen and oxygen atoms in total. The van der Waals surface area contributed by atoms with Crippen LogP contribution >= 0.6 is 0 Å². The van der Waals surface area contributed by atoms with E-state index in [1.54, 1.807) is 0 Å². The van der Waals surface area contributed by atoms with Crippen LogP contribution in [0.2, 0.25) is 0 Å². The molecule has 1 N–H and O–H groups in total. The highest BCUT2D eigenvalue weighted by Crippen LogP contribution is 2.29. The van der Waals surface area contributed by atoms with Crippen LogP contribution < -0.4 is 0 Å². The summed E-state index contributed by atoms with van der Waals surface area (Å²) in [4.78, 5) is 15.9. The van der Waals surface area contributed by atoms with Crippen molar-refractivity contribution in [3.05, 3.63) is 65.5 Å². The maximum absolute atomic E-state index is 12.6. The van der Waals surface area contributed by atoms with Gasteiger partial charge in [-0.1, -0.05) is 17.3 Å². The van der Waals surface area contributed by atoms with Crippen molar-refractivity contribution in [2.24, 2.45) is 5.16 Å². The minimum absolute atomic E-state index is 0.211. The standard InChI is InChI=1S/C14H9F3N2O2/c15-14(16,17)11-5-1-3-9(7-11)13(20)12(19-21)10-4-2-6-18-8-10/h1-8,21H. The summed E-state index contributed by atoms with van der Waals surface area (Å²) in [6, 6.07) is 6.89. The molecular formula is C14H9F3N2O2. The molecule has 0 atom stereocenters. The van der Waals surface area contributed by atoms with Gasteiger partial charge < -0.3 is 5.21 Å². The highest BCUT2D eigenvalue weighted by molar-refractivity contribution is 6.51. The predicted octanol–water partition coefficient (Wildman–Crippen LogP) is 3.16. The molecule has 0 saturated carbocycles. The number of carbonyl (C=O) groups excluding carboxylic acids is 1. The zero-order valence-electron chi connectivity index (χ0n) is 10.5. The van der Waals surface area contributed by atoms with Crippen LogP contribution in [0.25, 0.3) is 0 Å². The molecule has 0 spiro atoms. The predicted molar refractivity (Wildman–Crippen MR) is 68.3 cm³/mol. The van der Waals surface area contributed by atoms with Gasteiger partial charge in [0.2, 0.25) is 5.78 Å². The van der Waals surface area contributed by atoms with Gasteiger partial charge in [0.15, 0.2) is 5.71 Å². The summed E-state index contributed by atoms with van der Waals surface area (Å²) in [7, 11) is 0. The van der Waals surface area contributed by atoms with Crippen LogP contribution in [0.5, 0.6) is 0 Å². The first-order valence-corrected chi connectivity index (χ1v) is 5.78. The molecule has 2 rings (SSSR count). The molecule has 21 heavy (non-hydrogen) atoms. The third kappa shape index (κ3) is 3.25. The monoisotopic (exact) mass is 294 g/mol. The SMILES string of the molecule is O=C(C(=NO)c1cccnc1)c1cccc(C(F)(F)F)c1. The fourth-order valence-electron chi connectivity index (χ4n) is 1.71. The van der Waals surface area contributed by atoms with Gasteiger partial charge in [-0.15, -0.1) is 0 Å². The number of nitrogens with zero attached hydrogens (tertiary/aromatic N) is 2. The van der Waals surface area contributed by atoms with Gasteiger partial charge in [0, 0.05) is 23.5 Å². The van der Waals surface area contributed by atoms with Gasteiger partial charge in [0.1, 0.15) is 0 Å². The Morgan fingerprint density at radius 3 is 2.43 bits per heavy atom. The average Bonchev–Trinajstić information content (AvgIpc) is 2.48. The number of rotatable bonds is 3. The van der Waals surface area contributed by atoms with Crippen molar-refractivity contribution < 1.29 is 23.2 Å². The molecule has 108 valence electrons. The van der Waals surface area contributed by atoms with Crippen molar-refractivity contribution in [1.82, 2.24) is 4.98 Å². The van der Waals surface area contributed by atoms with Crippen molar-refractivity contribution in [1.29, 1.82) is 0 Å². The fourth-order valence-corrected chi connectivity index (χ4v) is 1.71. The smallest absolute Gasteiger partial charge is 0.410 e. The lowest BCUT2D eigenvalue weighted by Gasteiger charge is -2.08. The van der Waals surface area contributed by atoms with Gasteiger partial charge >= 0.3 is 6.18 Å². The topological polar surface area (TPSA) is 62.5 Å². The van der Waals surface area contributed by atoms with Crippen LogP contribution in [0, 0.1) is 0 Å². The Morgan fingerprint density at radius 2 is 1.86 bits per heavy atom. The first-order valence-electron chi connectivity index (χ1n) is 5.78. The molecule has 0 amide bonds. The average molecular weight is 294 g/mol. The first kappa shape index (κ1) is 14.7. The molecule has 0 aliphatic heterocycles. The van der Waals surface area contributed by atoms with Crippen LogP contribution in [0.1, 0.15) is 21.5 Å². The lowest BCUT2D eigenvalue weighted by molar-refractivity contribution is -0.137. The van der Waals surface area contributed by atoms with Crippen LogP contribution in [0.3, 0.4) is 0 Å². The van der Waals surface area contributed by atoms with Crippen molar-refractivity contribution in [3.63, 3.8) is 0 Å². The van der Waals surface area contributed by atoms with E-state index in [2.05, 4.69) is 10.1 Å². The highest BCUT2D eigenvalue weighted by Gasteiger charge is 2.31. The molecule has 0 aliphatic rings. The van der Waals surface area contributed by atoms with Crippen molar-refractivity contribution >= 4 is 11.5 Å². The summed E-state index contributed by atoms with van der Waals surface area (Å²) in [5.74, 6) is -0.823. The Morgan fingerprint density at radius 1 is 1.14 bits per heavy atom. The van der Waals surface area contributed by atoms with E-state index in [-0.39, 0.29) is 16.8 Å². The third-order valence-electron chi connectivity index (χ3n) is 2.70. The molecule has 0 unspecified atom stereocenters. The number of Topliss-reactive ketones (excluding diaryl/α,β-unsaturated/α-hetero) is 1. The summed E-state index contributed by atoms with van der Waals surface area (Å²) in [5, 5.41) is 11.8. The van der Waals surface area contributed by atoms with Gasteiger partial charge in [-0.25, -0.2) is 0 Å². The van der Waals surface area contributed by atoms with E-state index >= 15 is 0 Å². The molecule has 1 heterocycles. The fraction of sp³-hybridized carbons (Fsp3) is 0.0714. The molecule has 1 aromatic carbocycles. The maximum atomic E-state index is 12.6. The second kappa shape index (κ2) is 5.74. The second-order valence-corrected chi connectivity index (χ2v) is 4.10. The minimum Gasteiger partial charge on any atom is -0.410 e. The van der Waals surface area contributed by atoms with Crippen molar-refractivity contribution in [2.45, 2.75) is 6.18 Å². The lowest BCUT2D eigenvalue weighted by atomic mass is 10.0. The number of ketones is 1. The molecule has 0 radical (unpaired) electrons. The summed E-state index contributed by atoms with van der Waals surface area (Å²) in [6.07, 6.45) is -1.82. The Kier molecular flexibility index (Phi) is 4.02. The van der Waals surface area contributed by atoms with Crippen LogP contribution in [-0.4, -0.2) is 21.7 Å². The third-order valence-corrected chi connectivity index (χ3v) is 2.70.